The lowest BCUT2D eigenvalue weighted by Crippen LogP contribution is -2.03. The summed E-state index contributed by atoms with van der Waals surface area (Å²) in [6, 6.07) is 8.54. The van der Waals surface area contributed by atoms with Crippen molar-refractivity contribution in [3.8, 4) is 11.6 Å². The third-order valence-electron chi connectivity index (χ3n) is 3.16. The molecule has 2 rings (SSSR count). The van der Waals surface area contributed by atoms with Gasteiger partial charge < -0.3 is 10.1 Å². The smallest absolute Gasteiger partial charge is 0.331 e. The molecule has 0 fully saturated rings. The number of rotatable bonds is 5. The maximum atomic E-state index is 11.1. The Morgan fingerprint density at radius 2 is 2.05 bits per heavy atom. The van der Waals surface area contributed by atoms with Gasteiger partial charge in [0, 0.05) is 12.6 Å². The quantitative estimate of drug-likeness (QED) is 0.668. The molecule has 110 valence electrons. The predicted molar refractivity (Wildman–Crippen MR) is 81.0 cm³/mol. The Kier molecular flexibility index (Phi) is 4.37. The molecular formula is C15H17N3O3. The molecule has 0 atom stereocenters. The maximum absolute atomic E-state index is 11.1. The summed E-state index contributed by atoms with van der Waals surface area (Å²) in [5.41, 5.74) is 1.83. The summed E-state index contributed by atoms with van der Waals surface area (Å²) in [5.74, 6) is 1.11. The summed E-state index contributed by atoms with van der Waals surface area (Å²) in [4.78, 5) is 14.8. The number of anilines is 1. The van der Waals surface area contributed by atoms with E-state index in [4.69, 9.17) is 4.74 Å². The van der Waals surface area contributed by atoms with Gasteiger partial charge in [-0.15, -0.1) is 0 Å². The fraction of sp³-hybridized carbons (Fsp3) is 0.267. The summed E-state index contributed by atoms with van der Waals surface area (Å²) >= 11 is 0. The minimum absolute atomic E-state index is 0.00727. The molecule has 1 aromatic carbocycles. The number of hydrogen-bond acceptors (Lipinski definition) is 5. The van der Waals surface area contributed by atoms with Gasteiger partial charge in [-0.05, 0) is 44.0 Å². The van der Waals surface area contributed by atoms with Crippen LogP contribution >= 0.6 is 0 Å². The van der Waals surface area contributed by atoms with Crippen molar-refractivity contribution >= 4 is 11.5 Å². The zero-order chi connectivity index (χ0) is 15.4. The molecule has 0 bridgehead atoms. The number of hydrogen-bond donors (Lipinski definition) is 1. The second-order valence-corrected chi connectivity index (χ2v) is 4.61. The molecule has 6 heteroatoms. The largest absolute Gasteiger partial charge is 0.433 e. The van der Waals surface area contributed by atoms with E-state index >= 15 is 0 Å². The molecule has 0 saturated carbocycles. The second kappa shape index (κ2) is 6.21. The molecule has 0 unspecified atom stereocenters. The van der Waals surface area contributed by atoms with Crippen LogP contribution < -0.4 is 10.1 Å². The first-order chi connectivity index (χ1) is 10.0. The highest BCUT2D eigenvalue weighted by molar-refractivity contribution is 5.51. The number of ether oxygens (including phenoxy) is 1. The van der Waals surface area contributed by atoms with E-state index in [0.717, 1.165) is 11.1 Å². The Labute approximate surface area is 122 Å². The van der Waals surface area contributed by atoms with Crippen LogP contribution in [-0.2, 0) is 0 Å². The molecule has 6 nitrogen and oxygen atoms in total. The monoisotopic (exact) mass is 287 g/mol. The Bertz CT molecular complexity index is 671. The van der Waals surface area contributed by atoms with Crippen LogP contribution in [0, 0.1) is 24.0 Å². The van der Waals surface area contributed by atoms with E-state index < -0.39 is 4.92 Å². The average Bonchev–Trinajstić information content (AvgIpc) is 2.44. The van der Waals surface area contributed by atoms with Crippen molar-refractivity contribution < 1.29 is 9.66 Å². The van der Waals surface area contributed by atoms with Crippen LogP contribution in [0.4, 0.5) is 11.5 Å². The number of nitrogens with one attached hydrogen (secondary N) is 1. The maximum Gasteiger partial charge on any atom is 0.331 e. The van der Waals surface area contributed by atoms with Crippen LogP contribution in [0.1, 0.15) is 18.1 Å². The van der Waals surface area contributed by atoms with Gasteiger partial charge in [-0.25, -0.2) is 0 Å². The topological polar surface area (TPSA) is 77.3 Å². The fourth-order valence-corrected chi connectivity index (χ4v) is 1.87. The molecule has 0 aliphatic carbocycles. The Balaban J connectivity index is 2.43. The molecule has 0 spiro atoms. The molecule has 0 radical (unpaired) electrons. The van der Waals surface area contributed by atoms with Gasteiger partial charge in [0.1, 0.15) is 11.6 Å². The minimum Gasteiger partial charge on any atom is -0.433 e. The minimum atomic E-state index is -0.497. The van der Waals surface area contributed by atoms with Gasteiger partial charge in [0.2, 0.25) is 0 Å². The van der Waals surface area contributed by atoms with E-state index in [1.54, 1.807) is 12.1 Å². The lowest BCUT2D eigenvalue weighted by molar-refractivity contribution is -0.386. The van der Waals surface area contributed by atoms with Gasteiger partial charge in [-0.1, -0.05) is 12.1 Å². The van der Waals surface area contributed by atoms with E-state index in [2.05, 4.69) is 10.3 Å². The number of benzene rings is 1. The number of pyridine rings is 1. The van der Waals surface area contributed by atoms with E-state index in [1.165, 1.54) is 6.07 Å². The van der Waals surface area contributed by atoms with Crippen LogP contribution in [0.3, 0.4) is 0 Å². The molecular weight excluding hydrogens is 270 g/mol. The van der Waals surface area contributed by atoms with E-state index in [0.29, 0.717) is 18.1 Å². The standard InChI is InChI=1S/C15H17N3O3/c1-4-16-14-9-8-12(18(19)20)15(17-14)21-13-7-5-6-10(2)11(13)3/h5-9H,4H2,1-3H3,(H,16,17). The molecule has 21 heavy (non-hydrogen) atoms. The Hall–Kier alpha value is -2.63. The third-order valence-corrected chi connectivity index (χ3v) is 3.16. The zero-order valence-electron chi connectivity index (χ0n) is 12.2. The Morgan fingerprint density at radius 1 is 1.29 bits per heavy atom. The zero-order valence-corrected chi connectivity index (χ0v) is 12.2. The molecule has 0 saturated heterocycles. The summed E-state index contributed by atoms with van der Waals surface area (Å²) < 4.78 is 5.68. The van der Waals surface area contributed by atoms with Gasteiger partial charge in [0.05, 0.1) is 4.92 Å². The van der Waals surface area contributed by atoms with Gasteiger partial charge in [0.15, 0.2) is 0 Å². The van der Waals surface area contributed by atoms with Crippen LogP contribution in [0.25, 0.3) is 0 Å². The third kappa shape index (κ3) is 3.28. The van der Waals surface area contributed by atoms with E-state index in [-0.39, 0.29) is 11.6 Å². The highest BCUT2D eigenvalue weighted by atomic mass is 16.6. The van der Waals surface area contributed by atoms with Crippen LogP contribution in [-0.4, -0.2) is 16.5 Å². The highest BCUT2D eigenvalue weighted by Crippen LogP contribution is 2.32. The molecule has 1 N–H and O–H groups in total. The molecule has 1 heterocycles. The van der Waals surface area contributed by atoms with Crippen molar-refractivity contribution in [3.63, 3.8) is 0 Å². The van der Waals surface area contributed by atoms with Crippen molar-refractivity contribution in [2.75, 3.05) is 11.9 Å². The fourth-order valence-electron chi connectivity index (χ4n) is 1.87. The lowest BCUT2D eigenvalue weighted by atomic mass is 10.1. The molecule has 0 amide bonds. The van der Waals surface area contributed by atoms with Gasteiger partial charge in [0.25, 0.3) is 0 Å². The Morgan fingerprint density at radius 3 is 2.71 bits per heavy atom. The first kappa shape index (κ1) is 14.8. The normalized spacial score (nSPS) is 10.2. The molecule has 0 aliphatic rings. The number of nitro groups is 1. The van der Waals surface area contributed by atoms with Crippen molar-refractivity contribution in [2.45, 2.75) is 20.8 Å². The van der Waals surface area contributed by atoms with E-state index in [9.17, 15) is 10.1 Å². The van der Waals surface area contributed by atoms with Crippen LogP contribution in [0.5, 0.6) is 11.6 Å². The predicted octanol–water partition coefficient (Wildman–Crippen LogP) is 3.83. The number of nitrogens with zero attached hydrogens (tertiary/aromatic N) is 2. The van der Waals surface area contributed by atoms with Crippen LogP contribution in [0.2, 0.25) is 0 Å². The van der Waals surface area contributed by atoms with Gasteiger partial charge in [-0.2, -0.15) is 4.98 Å². The van der Waals surface area contributed by atoms with Crippen molar-refractivity contribution in [1.82, 2.24) is 4.98 Å². The second-order valence-electron chi connectivity index (χ2n) is 4.61. The summed E-state index contributed by atoms with van der Waals surface area (Å²) in [5, 5.41) is 14.1. The van der Waals surface area contributed by atoms with E-state index in [1.807, 2.05) is 32.9 Å². The van der Waals surface area contributed by atoms with Gasteiger partial charge >= 0.3 is 11.6 Å². The molecule has 2 aromatic rings. The van der Waals surface area contributed by atoms with Crippen LogP contribution in [0.15, 0.2) is 30.3 Å². The summed E-state index contributed by atoms with van der Waals surface area (Å²) in [6.07, 6.45) is 0. The first-order valence-electron chi connectivity index (χ1n) is 6.66. The number of aromatic nitrogens is 1. The van der Waals surface area contributed by atoms with Crippen molar-refractivity contribution in [3.05, 3.63) is 51.6 Å². The summed E-state index contributed by atoms with van der Waals surface area (Å²) in [7, 11) is 0. The summed E-state index contributed by atoms with van der Waals surface area (Å²) in [6.45, 7) is 6.46. The lowest BCUT2D eigenvalue weighted by Gasteiger charge is -2.11. The first-order valence-corrected chi connectivity index (χ1v) is 6.66. The van der Waals surface area contributed by atoms with Crippen molar-refractivity contribution in [2.24, 2.45) is 0 Å². The number of aryl methyl sites for hydroxylation is 1. The van der Waals surface area contributed by atoms with Crippen molar-refractivity contribution in [1.29, 1.82) is 0 Å². The SMILES string of the molecule is CCNc1ccc([N+](=O)[O-])c(Oc2cccc(C)c2C)n1. The average molecular weight is 287 g/mol. The highest BCUT2D eigenvalue weighted by Gasteiger charge is 2.19. The molecule has 0 aliphatic heterocycles. The van der Waals surface area contributed by atoms with Gasteiger partial charge in [-0.3, -0.25) is 10.1 Å². The molecule has 1 aromatic heterocycles.